The van der Waals surface area contributed by atoms with Crippen molar-refractivity contribution in [3.05, 3.63) is 66.2 Å². The first kappa shape index (κ1) is 14.8. The van der Waals surface area contributed by atoms with Gasteiger partial charge in [-0.3, -0.25) is 9.80 Å². The van der Waals surface area contributed by atoms with Gasteiger partial charge < -0.3 is 0 Å². The third-order valence-corrected chi connectivity index (χ3v) is 4.21. The number of nitrogens with zero attached hydrogens (tertiary/aromatic N) is 2. The van der Waals surface area contributed by atoms with Crippen LogP contribution in [0, 0.1) is 0 Å². The van der Waals surface area contributed by atoms with E-state index in [4.69, 9.17) is 0 Å². The topological polar surface area (TPSA) is 44.7 Å². The number of nitrogens with one attached hydrogen (secondary N) is 1. The summed E-state index contributed by atoms with van der Waals surface area (Å²) in [6.45, 7) is 4.12. The first-order chi connectivity index (χ1) is 10.6. The summed E-state index contributed by atoms with van der Waals surface area (Å²) < 4.78 is 0. The molecule has 0 aliphatic carbocycles. The van der Waals surface area contributed by atoms with Gasteiger partial charge in [0.25, 0.3) is 5.91 Å². The fourth-order valence-corrected chi connectivity index (χ4v) is 3.14. The second kappa shape index (κ2) is 5.94. The third-order valence-electron chi connectivity index (χ3n) is 3.15. The molecule has 1 N–H and O–H groups in total. The molecule has 0 spiro atoms. The molecule has 2 aromatic carbocycles. The average molecular weight is 311 g/mol. The highest BCUT2D eigenvalue weighted by Crippen LogP contribution is 2.34. The predicted molar refractivity (Wildman–Crippen MR) is 91.9 cm³/mol. The molecule has 1 saturated heterocycles. The summed E-state index contributed by atoms with van der Waals surface area (Å²) in [6.07, 6.45) is 0. The number of amidine groups is 1. The number of aliphatic imine (C=N–C) groups is 1. The fraction of sp³-hybridized carbons (Fsp3) is 0.176. The summed E-state index contributed by atoms with van der Waals surface area (Å²) in [7, 11) is 0. The number of amides is 1. The molecule has 1 heterocycles. The lowest BCUT2D eigenvalue weighted by molar-refractivity contribution is 0.100. The SMILES string of the molecule is CC1(C)NN(c2ccccc2)C(=NC(=O)c2ccccc2)S1. The molecule has 112 valence electrons. The van der Waals surface area contributed by atoms with Crippen LogP contribution in [-0.4, -0.2) is 15.9 Å². The Morgan fingerprint density at radius 1 is 1.05 bits per heavy atom. The van der Waals surface area contributed by atoms with E-state index in [1.165, 1.54) is 11.8 Å². The van der Waals surface area contributed by atoms with E-state index in [-0.39, 0.29) is 10.8 Å². The van der Waals surface area contributed by atoms with Crippen molar-refractivity contribution in [3.8, 4) is 0 Å². The Balaban J connectivity index is 1.93. The van der Waals surface area contributed by atoms with Crippen molar-refractivity contribution < 1.29 is 4.79 Å². The fourth-order valence-electron chi connectivity index (χ4n) is 2.17. The number of hydrogen-bond acceptors (Lipinski definition) is 3. The lowest BCUT2D eigenvalue weighted by Gasteiger charge is -2.21. The molecule has 0 bridgehead atoms. The van der Waals surface area contributed by atoms with Crippen LogP contribution in [0.4, 0.5) is 5.69 Å². The molecule has 0 saturated carbocycles. The van der Waals surface area contributed by atoms with Gasteiger partial charge in [0.1, 0.15) is 0 Å². The molecule has 5 heteroatoms. The number of thioether (sulfide) groups is 1. The molecule has 2 aromatic rings. The quantitative estimate of drug-likeness (QED) is 0.919. The van der Waals surface area contributed by atoms with Crippen LogP contribution in [0.2, 0.25) is 0 Å². The van der Waals surface area contributed by atoms with Gasteiger partial charge in [0.2, 0.25) is 0 Å². The van der Waals surface area contributed by atoms with Gasteiger partial charge in [0, 0.05) is 5.56 Å². The molecular formula is C17H17N3OS. The summed E-state index contributed by atoms with van der Waals surface area (Å²) >= 11 is 1.54. The van der Waals surface area contributed by atoms with E-state index >= 15 is 0 Å². The Labute approximate surface area is 134 Å². The van der Waals surface area contributed by atoms with E-state index in [1.807, 2.05) is 53.5 Å². The molecule has 0 aromatic heterocycles. The minimum absolute atomic E-state index is 0.217. The van der Waals surface area contributed by atoms with Gasteiger partial charge >= 0.3 is 0 Å². The van der Waals surface area contributed by atoms with Crippen LogP contribution in [0.3, 0.4) is 0 Å². The first-order valence-corrected chi connectivity index (χ1v) is 7.87. The van der Waals surface area contributed by atoms with Crippen molar-refractivity contribution in [3.63, 3.8) is 0 Å². The zero-order valence-corrected chi connectivity index (χ0v) is 13.3. The Hall–Kier alpha value is -2.11. The number of para-hydroxylation sites is 1. The van der Waals surface area contributed by atoms with Crippen molar-refractivity contribution >= 4 is 28.5 Å². The van der Waals surface area contributed by atoms with Gasteiger partial charge in [-0.1, -0.05) is 48.2 Å². The van der Waals surface area contributed by atoms with Crippen LogP contribution in [0.5, 0.6) is 0 Å². The Morgan fingerprint density at radius 2 is 1.64 bits per heavy atom. The third kappa shape index (κ3) is 3.21. The van der Waals surface area contributed by atoms with Crippen LogP contribution < -0.4 is 10.4 Å². The molecule has 0 atom stereocenters. The normalized spacial score (nSPS) is 18.6. The van der Waals surface area contributed by atoms with Crippen molar-refractivity contribution in [2.45, 2.75) is 18.7 Å². The summed E-state index contributed by atoms with van der Waals surface area (Å²) in [5.74, 6) is -0.233. The van der Waals surface area contributed by atoms with Crippen LogP contribution >= 0.6 is 11.8 Å². The highest BCUT2D eigenvalue weighted by atomic mass is 32.2. The van der Waals surface area contributed by atoms with Crippen molar-refractivity contribution in [2.24, 2.45) is 4.99 Å². The summed E-state index contributed by atoms with van der Waals surface area (Å²) in [4.78, 5) is 16.4. The van der Waals surface area contributed by atoms with E-state index in [9.17, 15) is 4.79 Å². The Kier molecular flexibility index (Phi) is 4.00. The maximum atomic E-state index is 12.3. The smallest absolute Gasteiger partial charge is 0.267 e. The van der Waals surface area contributed by atoms with Gasteiger partial charge in [-0.15, -0.1) is 0 Å². The summed E-state index contributed by atoms with van der Waals surface area (Å²) in [5.41, 5.74) is 4.92. The Bertz CT molecular complexity index is 698. The number of carbonyl (C=O) groups excluding carboxylic acids is 1. The monoisotopic (exact) mass is 311 g/mol. The average Bonchev–Trinajstić information content (AvgIpc) is 2.83. The summed E-state index contributed by atoms with van der Waals surface area (Å²) in [6, 6.07) is 19.0. The molecule has 1 fully saturated rings. The van der Waals surface area contributed by atoms with Crippen LogP contribution in [0.15, 0.2) is 65.7 Å². The predicted octanol–water partition coefficient (Wildman–Crippen LogP) is 3.68. The minimum atomic E-state index is -0.233. The van der Waals surface area contributed by atoms with Gasteiger partial charge in [0.15, 0.2) is 5.17 Å². The van der Waals surface area contributed by atoms with Crippen LogP contribution in [0.1, 0.15) is 24.2 Å². The lowest BCUT2D eigenvalue weighted by Crippen LogP contribution is -2.42. The molecule has 1 amide bonds. The van der Waals surface area contributed by atoms with Gasteiger partial charge in [-0.2, -0.15) is 4.99 Å². The molecule has 4 nitrogen and oxygen atoms in total. The van der Waals surface area contributed by atoms with Gasteiger partial charge in [-0.25, -0.2) is 5.43 Å². The number of benzene rings is 2. The first-order valence-electron chi connectivity index (χ1n) is 7.05. The number of hydrazine groups is 1. The molecule has 1 aliphatic rings. The zero-order chi connectivity index (χ0) is 15.6. The van der Waals surface area contributed by atoms with E-state index < -0.39 is 0 Å². The maximum Gasteiger partial charge on any atom is 0.279 e. The van der Waals surface area contributed by atoms with Gasteiger partial charge in [-0.05, 0) is 38.1 Å². The lowest BCUT2D eigenvalue weighted by atomic mass is 10.2. The highest BCUT2D eigenvalue weighted by Gasteiger charge is 2.36. The number of hydrogen-bond donors (Lipinski definition) is 1. The van der Waals surface area contributed by atoms with E-state index in [0.29, 0.717) is 10.7 Å². The second-order valence-electron chi connectivity index (χ2n) is 5.46. The summed E-state index contributed by atoms with van der Waals surface area (Å²) in [5, 5.41) is 2.52. The highest BCUT2D eigenvalue weighted by molar-refractivity contribution is 8.15. The Morgan fingerprint density at radius 3 is 2.27 bits per heavy atom. The van der Waals surface area contributed by atoms with Crippen LogP contribution in [-0.2, 0) is 0 Å². The van der Waals surface area contributed by atoms with Gasteiger partial charge in [0.05, 0.1) is 10.6 Å². The standard InChI is InChI=1S/C17H17N3OS/c1-17(2)19-20(14-11-7-4-8-12-14)16(22-17)18-15(21)13-9-5-3-6-10-13/h3-12,19H,1-2H3. The molecule has 3 rings (SSSR count). The minimum Gasteiger partial charge on any atom is -0.267 e. The van der Waals surface area contributed by atoms with Crippen molar-refractivity contribution in [1.82, 2.24) is 5.43 Å². The van der Waals surface area contributed by atoms with Crippen molar-refractivity contribution in [1.29, 1.82) is 0 Å². The largest absolute Gasteiger partial charge is 0.279 e. The van der Waals surface area contributed by atoms with E-state index in [2.05, 4.69) is 24.3 Å². The molecule has 0 radical (unpaired) electrons. The molecule has 22 heavy (non-hydrogen) atoms. The number of rotatable bonds is 2. The molecular weight excluding hydrogens is 294 g/mol. The van der Waals surface area contributed by atoms with Crippen molar-refractivity contribution in [2.75, 3.05) is 5.01 Å². The molecule has 0 unspecified atom stereocenters. The second-order valence-corrected chi connectivity index (χ2v) is 7.05. The number of anilines is 1. The molecule has 1 aliphatic heterocycles. The zero-order valence-electron chi connectivity index (χ0n) is 12.5. The number of carbonyl (C=O) groups is 1. The van der Waals surface area contributed by atoms with E-state index in [1.54, 1.807) is 12.1 Å². The maximum absolute atomic E-state index is 12.3. The van der Waals surface area contributed by atoms with E-state index in [0.717, 1.165) is 5.69 Å². The van der Waals surface area contributed by atoms with Crippen LogP contribution in [0.25, 0.3) is 0 Å².